The summed E-state index contributed by atoms with van der Waals surface area (Å²) in [7, 11) is 0. The first kappa shape index (κ1) is 16.4. The lowest BCUT2D eigenvalue weighted by Crippen LogP contribution is -2.37. The number of thioether (sulfide) groups is 1. The summed E-state index contributed by atoms with van der Waals surface area (Å²) in [6.45, 7) is 0.389. The summed E-state index contributed by atoms with van der Waals surface area (Å²) in [5, 5.41) is 6.96. The second-order valence-corrected chi connectivity index (χ2v) is 7.19. The highest BCUT2D eigenvalue weighted by atomic mass is 32.2. The maximum Gasteiger partial charge on any atom is 0.335 e. The number of carbonyl (C=O) groups excluding carboxylic acids is 3. The quantitative estimate of drug-likeness (QED) is 0.545. The molecule has 0 saturated carbocycles. The van der Waals surface area contributed by atoms with Crippen LogP contribution in [0.2, 0.25) is 0 Å². The van der Waals surface area contributed by atoms with Gasteiger partial charge in [0.1, 0.15) is 0 Å². The van der Waals surface area contributed by atoms with Crippen molar-refractivity contribution < 1.29 is 24.1 Å². The van der Waals surface area contributed by atoms with Crippen molar-refractivity contribution >= 4 is 29.7 Å². The van der Waals surface area contributed by atoms with E-state index in [1.54, 1.807) is 0 Å². The molecular weight excluding hydrogens is 322 g/mol. The summed E-state index contributed by atoms with van der Waals surface area (Å²) < 4.78 is 0. The highest BCUT2D eigenvalue weighted by Crippen LogP contribution is 2.33. The number of nitrogens with zero attached hydrogens (tertiary/aromatic N) is 1. The minimum Gasteiger partial charge on any atom is -0.332 e. The first-order valence-electron chi connectivity index (χ1n) is 7.99. The van der Waals surface area contributed by atoms with Crippen molar-refractivity contribution in [2.75, 3.05) is 12.4 Å². The van der Waals surface area contributed by atoms with Crippen molar-refractivity contribution in [2.45, 2.75) is 55.9 Å². The fourth-order valence-corrected chi connectivity index (χ4v) is 4.55. The standard InChI is InChI=1S/C14H21N3O5S/c18-11-5-3-7-21-17(11)22-12(19)6-2-1-4-10-13-9(8-23-10)15-14(20)16-13/h9-10,13H,1-8H2,(H2,15,16,20)/t9-,10-,13-/m0/s1. The molecule has 3 aliphatic rings. The van der Waals surface area contributed by atoms with Crippen LogP contribution in [0.15, 0.2) is 0 Å². The zero-order valence-corrected chi connectivity index (χ0v) is 13.6. The van der Waals surface area contributed by atoms with Crippen LogP contribution in [0.4, 0.5) is 4.79 Å². The van der Waals surface area contributed by atoms with Gasteiger partial charge < -0.3 is 15.5 Å². The molecule has 23 heavy (non-hydrogen) atoms. The molecule has 128 valence electrons. The van der Waals surface area contributed by atoms with Crippen LogP contribution in [-0.2, 0) is 19.3 Å². The van der Waals surface area contributed by atoms with E-state index >= 15 is 0 Å². The molecule has 0 aliphatic carbocycles. The number of unbranched alkanes of at least 4 members (excludes halogenated alkanes) is 1. The molecule has 9 heteroatoms. The Hall–Kier alpha value is -1.48. The second kappa shape index (κ2) is 7.39. The Morgan fingerprint density at radius 2 is 2.22 bits per heavy atom. The van der Waals surface area contributed by atoms with Crippen molar-refractivity contribution in [3.05, 3.63) is 0 Å². The van der Waals surface area contributed by atoms with E-state index < -0.39 is 5.97 Å². The van der Waals surface area contributed by atoms with Crippen LogP contribution in [-0.4, -0.2) is 52.8 Å². The summed E-state index contributed by atoms with van der Waals surface area (Å²) in [4.78, 5) is 44.4. The van der Waals surface area contributed by atoms with Gasteiger partial charge >= 0.3 is 12.0 Å². The Bertz CT molecular complexity index is 489. The number of hydrogen-bond donors (Lipinski definition) is 2. The average Bonchev–Trinajstić information content (AvgIpc) is 3.06. The van der Waals surface area contributed by atoms with Crippen molar-refractivity contribution in [1.29, 1.82) is 0 Å². The summed E-state index contributed by atoms with van der Waals surface area (Å²) >= 11 is 1.86. The van der Waals surface area contributed by atoms with E-state index in [0.29, 0.717) is 36.3 Å². The molecule has 3 rings (SSSR count). The second-order valence-electron chi connectivity index (χ2n) is 5.92. The SMILES string of the molecule is O=C1N[C@H]2[C@H](CS[C@H]2CCCCC(=O)ON2OCCCC2=O)N1. The van der Waals surface area contributed by atoms with Gasteiger partial charge in [0.25, 0.3) is 5.91 Å². The molecule has 0 aromatic heterocycles. The molecular formula is C14H21N3O5S. The van der Waals surface area contributed by atoms with Crippen LogP contribution in [0, 0.1) is 0 Å². The lowest BCUT2D eigenvalue weighted by atomic mass is 10.0. The van der Waals surface area contributed by atoms with Crippen LogP contribution >= 0.6 is 11.8 Å². The van der Waals surface area contributed by atoms with Gasteiger partial charge in [-0.25, -0.2) is 14.4 Å². The smallest absolute Gasteiger partial charge is 0.332 e. The predicted octanol–water partition coefficient (Wildman–Crippen LogP) is 0.724. The van der Waals surface area contributed by atoms with Crippen LogP contribution in [0.25, 0.3) is 0 Å². The summed E-state index contributed by atoms with van der Waals surface area (Å²) in [6.07, 6.45) is 3.76. The van der Waals surface area contributed by atoms with Crippen LogP contribution in [0.1, 0.15) is 38.5 Å². The molecule has 0 unspecified atom stereocenters. The lowest BCUT2D eigenvalue weighted by molar-refractivity contribution is -0.331. The zero-order chi connectivity index (χ0) is 16.2. The molecule has 3 fully saturated rings. The third kappa shape index (κ3) is 4.08. The number of fused-ring (bicyclic) bond motifs is 1. The van der Waals surface area contributed by atoms with Crippen molar-refractivity contribution in [3.8, 4) is 0 Å². The topological polar surface area (TPSA) is 97.0 Å². The first-order valence-corrected chi connectivity index (χ1v) is 9.03. The van der Waals surface area contributed by atoms with Gasteiger partial charge in [0.2, 0.25) is 0 Å². The third-order valence-corrected chi connectivity index (χ3v) is 5.70. The van der Waals surface area contributed by atoms with E-state index in [1.807, 2.05) is 11.8 Å². The molecule has 3 amide bonds. The highest BCUT2D eigenvalue weighted by Gasteiger charge is 2.42. The minimum absolute atomic E-state index is 0.0833. The minimum atomic E-state index is -0.451. The Balaban J connectivity index is 1.31. The summed E-state index contributed by atoms with van der Waals surface area (Å²) in [5.74, 6) is 0.167. The van der Waals surface area contributed by atoms with E-state index in [1.165, 1.54) is 0 Å². The maximum atomic E-state index is 11.7. The van der Waals surface area contributed by atoms with Gasteiger partial charge in [-0.3, -0.25) is 4.79 Å². The Morgan fingerprint density at radius 3 is 3.04 bits per heavy atom. The van der Waals surface area contributed by atoms with Crippen molar-refractivity contribution in [1.82, 2.24) is 15.9 Å². The molecule has 0 aromatic carbocycles. The van der Waals surface area contributed by atoms with E-state index in [-0.39, 0.29) is 30.4 Å². The monoisotopic (exact) mass is 343 g/mol. The number of rotatable bonds is 6. The zero-order valence-electron chi connectivity index (χ0n) is 12.8. The number of nitrogens with one attached hydrogen (secondary N) is 2. The van der Waals surface area contributed by atoms with Crippen LogP contribution in [0.5, 0.6) is 0 Å². The van der Waals surface area contributed by atoms with Crippen LogP contribution < -0.4 is 10.6 Å². The molecule has 0 spiro atoms. The van der Waals surface area contributed by atoms with Gasteiger partial charge in [-0.1, -0.05) is 6.42 Å². The normalized spacial score (nSPS) is 29.9. The molecule has 0 bridgehead atoms. The molecule has 2 N–H and O–H groups in total. The van der Waals surface area contributed by atoms with E-state index in [0.717, 1.165) is 18.6 Å². The van der Waals surface area contributed by atoms with Crippen molar-refractivity contribution in [2.24, 2.45) is 0 Å². The third-order valence-electron chi connectivity index (χ3n) is 4.19. The largest absolute Gasteiger partial charge is 0.335 e. The molecule has 0 aromatic rings. The number of hydroxylamine groups is 2. The summed E-state index contributed by atoms with van der Waals surface area (Å²) in [5.41, 5.74) is 0. The molecule has 3 aliphatic heterocycles. The fourth-order valence-electron chi connectivity index (χ4n) is 3.01. The van der Waals surface area contributed by atoms with Gasteiger partial charge in [0, 0.05) is 23.8 Å². The molecule has 3 heterocycles. The summed E-state index contributed by atoms with van der Waals surface area (Å²) in [6, 6.07) is 0.337. The number of carbonyl (C=O) groups is 3. The number of urea groups is 1. The predicted molar refractivity (Wildman–Crippen MR) is 82.1 cm³/mol. The van der Waals surface area contributed by atoms with Gasteiger partial charge in [0.05, 0.1) is 18.7 Å². The molecule has 8 nitrogen and oxygen atoms in total. The Labute approximate surface area is 138 Å². The van der Waals surface area contributed by atoms with E-state index in [2.05, 4.69) is 10.6 Å². The number of amides is 3. The average molecular weight is 343 g/mol. The number of hydrogen-bond acceptors (Lipinski definition) is 6. The van der Waals surface area contributed by atoms with Crippen LogP contribution in [0.3, 0.4) is 0 Å². The van der Waals surface area contributed by atoms with Crippen molar-refractivity contribution in [3.63, 3.8) is 0 Å². The fraction of sp³-hybridized carbons (Fsp3) is 0.786. The molecule has 0 radical (unpaired) electrons. The maximum absolute atomic E-state index is 11.7. The van der Waals surface area contributed by atoms with E-state index in [9.17, 15) is 14.4 Å². The molecule has 3 atom stereocenters. The van der Waals surface area contributed by atoms with Gasteiger partial charge in [-0.15, -0.1) is 0 Å². The Kier molecular flexibility index (Phi) is 5.27. The highest BCUT2D eigenvalue weighted by molar-refractivity contribution is 8.00. The van der Waals surface area contributed by atoms with Gasteiger partial charge in [-0.05, 0) is 24.5 Å². The Morgan fingerprint density at radius 1 is 1.35 bits per heavy atom. The van der Waals surface area contributed by atoms with Gasteiger partial charge in [-0.2, -0.15) is 11.8 Å². The van der Waals surface area contributed by atoms with Gasteiger partial charge in [0.15, 0.2) is 0 Å². The lowest BCUT2D eigenvalue weighted by Gasteiger charge is -2.23. The molecule has 3 saturated heterocycles. The van der Waals surface area contributed by atoms with E-state index in [4.69, 9.17) is 9.68 Å². The first-order chi connectivity index (χ1) is 11.1.